The second kappa shape index (κ2) is 26.9. The average molecular weight is 1250 g/mol. The molecule has 0 fully saturated rings. The minimum Gasteiger partial charge on any atom is -0.366 e. The molecule has 9 nitrogen and oxygen atoms in total. The van der Waals surface area contributed by atoms with Gasteiger partial charge in [0, 0.05) is 16.4 Å². The maximum atomic E-state index is 2.56. The number of nitrogens with zero attached hydrogens (tertiary/aromatic N) is 9. The van der Waals surface area contributed by atoms with E-state index in [9.17, 15) is 0 Å². The van der Waals surface area contributed by atoms with Gasteiger partial charge in [0.15, 0.2) is 0 Å². The first kappa shape index (κ1) is 65.3. The molecular weight excluding hydrogens is 1160 g/mol. The predicted molar refractivity (Wildman–Crippen MR) is 406 cm³/mol. The Labute approximate surface area is 568 Å². The molecule has 8 aromatic carbocycles. The van der Waals surface area contributed by atoms with Crippen LogP contribution >= 0.6 is 0 Å². The lowest BCUT2D eigenvalue weighted by Gasteiger charge is -2.28. The van der Waals surface area contributed by atoms with E-state index in [4.69, 9.17) is 0 Å². The highest BCUT2D eigenvalue weighted by Gasteiger charge is 2.56. The lowest BCUT2D eigenvalue weighted by molar-refractivity contribution is -0.657. The molecule has 6 heterocycles. The normalized spacial score (nSPS) is 13.2. The van der Waals surface area contributed by atoms with Crippen molar-refractivity contribution >= 4 is 88.9 Å². The van der Waals surface area contributed by atoms with E-state index in [2.05, 4.69) is 393 Å². The molecule has 14 rings (SSSR count). The molecule has 0 radical (unpaired) electrons. The van der Waals surface area contributed by atoms with E-state index in [0.29, 0.717) is 11.8 Å². The van der Waals surface area contributed by atoms with Gasteiger partial charge in [0.2, 0.25) is 0 Å². The van der Waals surface area contributed by atoms with Gasteiger partial charge in [-0.15, -0.1) is 0 Å². The van der Waals surface area contributed by atoms with Crippen LogP contribution in [0.25, 0.3) is 22.3 Å². The fourth-order valence-corrected chi connectivity index (χ4v) is 15.5. The quantitative estimate of drug-likeness (QED) is 0.100. The Bertz CT molecular complexity index is 4540. The van der Waals surface area contributed by atoms with Gasteiger partial charge in [-0.05, 0) is 203 Å². The third kappa shape index (κ3) is 11.7. The Morgan fingerprint density at radius 2 is 0.568 bits per heavy atom. The number of anilines is 9. The average Bonchev–Trinajstić information content (AvgIpc) is 1.59. The van der Waals surface area contributed by atoms with Crippen LogP contribution in [-0.2, 0) is 21.1 Å². The predicted octanol–water partition coefficient (Wildman–Crippen LogP) is 15.5. The van der Waals surface area contributed by atoms with E-state index in [1.54, 1.807) is 0 Å². The van der Waals surface area contributed by atoms with Crippen LogP contribution in [0.3, 0.4) is 0 Å². The third-order valence-electron chi connectivity index (χ3n) is 20.1. The molecule has 0 saturated heterocycles. The summed E-state index contributed by atoms with van der Waals surface area (Å²) in [6.07, 6.45) is 6.53. The van der Waals surface area contributed by atoms with Crippen LogP contribution in [0.15, 0.2) is 225 Å². The van der Waals surface area contributed by atoms with Gasteiger partial charge < -0.3 is 14.4 Å². The first-order valence-electron chi connectivity index (χ1n) is 33.8. The zero-order chi connectivity index (χ0) is 67.3. The number of hydrogen-bond acceptors (Lipinski definition) is 6. The molecule has 3 aliphatic heterocycles. The van der Waals surface area contributed by atoms with Crippen LogP contribution in [0.2, 0.25) is 0 Å². The second-order valence-corrected chi connectivity index (χ2v) is 27.2. The topological polar surface area (TPSA) is 31.1 Å². The first-order valence-corrected chi connectivity index (χ1v) is 33.8. The Morgan fingerprint density at radius 3 is 0.905 bits per heavy atom. The molecule has 11 aromatic rings. The molecule has 0 saturated carbocycles. The van der Waals surface area contributed by atoms with E-state index in [1.807, 2.05) is 0 Å². The molecule has 0 spiro atoms. The molecule has 0 atom stereocenters. The number of fused-ring (bicyclic) bond motifs is 3. The van der Waals surface area contributed by atoms with E-state index in [0.717, 1.165) is 0 Å². The highest BCUT2D eigenvalue weighted by molar-refractivity contribution is 6.86. The summed E-state index contributed by atoms with van der Waals surface area (Å²) in [7, 11) is 13.2. The van der Waals surface area contributed by atoms with E-state index in [1.165, 1.54) is 146 Å². The maximum absolute atomic E-state index is 2.56. The lowest BCUT2D eigenvalue weighted by atomic mass is 9.59. The highest BCUT2D eigenvalue weighted by atomic mass is 15.4. The van der Waals surface area contributed by atoms with E-state index < -0.39 is 0 Å². The fraction of sp³-hybridized carbons (Fsp3) is 0.241. The summed E-state index contributed by atoms with van der Waals surface area (Å²) in [6.45, 7) is 27.2. The lowest BCUT2D eigenvalue weighted by Crippen LogP contribution is -2.57. The van der Waals surface area contributed by atoms with Gasteiger partial charge in [0.25, 0.3) is 17.5 Å². The van der Waals surface area contributed by atoms with Crippen molar-refractivity contribution in [1.29, 1.82) is 0 Å². The molecule has 12 heteroatoms. The number of pyridine rings is 3. The zero-order valence-corrected chi connectivity index (χ0v) is 59.3. The van der Waals surface area contributed by atoms with Crippen molar-refractivity contribution in [3.8, 4) is 22.3 Å². The Hall–Kier alpha value is -9.80. The maximum Gasteiger partial charge on any atom is 0.538 e. The summed E-state index contributed by atoms with van der Waals surface area (Å²) >= 11 is 0. The molecule has 95 heavy (non-hydrogen) atoms. The second-order valence-electron chi connectivity index (χ2n) is 27.2. The fourth-order valence-electron chi connectivity index (χ4n) is 15.5. The molecule has 0 N–H and O–H groups in total. The number of benzene rings is 8. The summed E-state index contributed by atoms with van der Waals surface area (Å²) in [6, 6.07) is 74.7. The number of rotatable bonds is 10. The van der Waals surface area contributed by atoms with E-state index >= 15 is 0 Å². The Morgan fingerprint density at radius 1 is 0.284 bits per heavy atom. The molecule has 3 aromatic heterocycles. The van der Waals surface area contributed by atoms with Crippen molar-refractivity contribution in [2.45, 2.75) is 94.9 Å². The van der Waals surface area contributed by atoms with Crippen molar-refractivity contribution < 1.29 is 13.7 Å². The summed E-state index contributed by atoms with van der Waals surface area (Å²) in [5.74, 6) is 4.64. The summed E-state index contributed by atoms with van der Waals surface area (Å²) in [5.41, 5.74) is 30.0. The number of para-hydroxylation sites is 3. The van der Waals surface area contributed by atoms with Crippen LogP contribution in [0.5, 0.6) is 0 Å². The van der Waals surface area contributed by atoms with Gasteiger partial charge >= 0.3 is 20.9 Å². The number of hydrogen-bond donors (Lipinski definition) is 0. The van der Waals surface area contributed by atoms with Gasteiger partial charge in [0.05, 0.1) is 39.7 Å². The summed E-state index contributed by atoms with van der Waals surface area (Å²) in [5, 5.41) is 0. The summed E-state index contributed by atoms with van der Waals surface area (Å²) < 4.78 is 6.79. The van der Waals surface area contributed by atoms with E-state index in [-0.39, 0.29) is 20.9 Å². The van der Waals surface area contributed by atoms with Gasteiger partial charge in [-0.1, -0.05) is 198 Å². The van der Waals surface area contributed by atoms with Crippen LogP contribution in [-0.4, -0.2) is 42.1 Å². The molecular formula is C83H93B3N9+3. The molecule has 0 aliphatic carbocycles. The number of aryl methyl sites for hydroxylation is 11. The van der Waals surface area contributed by atoms with Crippen LogP contribution in [0, 0.1) is 55.4 Å². The van der Waals surface area contributed by atoms with Crippen molar-refractivity contribution in [2.75, 3.05) is 50.0 Å². The minimum atomic E-state index is -0.0324. The molecule has 0 bridgehead atoms. The van der Waals surface area contributed by atoms with Crippen molar-refractivity contribution in [1.82, 2.24) is 0 Å². The van der Waals surface area contributed by atoms with Crippen molar-refractivity contribution in [3.63, 3.8) is 0 Å². The van der Waals surface area contributed by atoms with Crippen LogP contribution < -0.4 is 59.0 Å². The van der Waals surface area contributed by atoms with Gasteiger partial charge in [-0.2, -0.15) is 0 Å². The Kier molecular flexibility index (Phi) is 18.5. The van der Waals surface area contributed by atoms with Gasteiger partial charge in [-0.3, -0.25) is 14.4 Å². The first-order chi connectivity index (χ1) is 45.7. The SMILES string of the molecule is Cc1ccccc1N1B(c2c(-c3ccccc3)cccc2-c2ccccc2)N(C)c2c(C)cc[n+](C)c21.Cc1ccccc1N1B(c2c(C(C)C)cccc2C(C)C)N(C)c2c(C)cc[n+](C)c21.Cc1ccccc1N1B(c2c(C)cccc2C)N(C)c2c(C)cc[n+](C)c21. The van der Waals surface area contributed by atoms with Crippen LogP contribution in [0.4, 0.5) is 51.6 Å². The van der Waals surface area contributed by atoms with Gasteiger partial charge in [-0.25, -0.2) is 13.7 Å². The minimum absolute atomic E-state index is 0.0324. The van der Waals surface area contributed by atoms with Crippen molar-refractivity contribution in [2.24, 2.45) is 21.1 Å². The molecule has 3 aliphatic rings. The highest BCUT2D eigenvalue weighted by Crippen LogP contribution is 2.47. The zero-order valence-electron chi connectivity index (χ0n) is 59.3. The Balaban J connectivity index is 0.000000138. The largest absolute Gasteiger partial charge is 0.538 e. The van der Waals surface area contributed by atoms with Crippen LogP contribution in [0.1, 0.15) is 95.2 Å². The van der Waals surface area contributed by atoms with Gasteiger partial charge in [0.1, 0.15) is 34.1 Å². The molecule has 0 amide bonds. The monoisotopic (exact) mass is 1250 g/mol. The summed E-state index contributed by atoms with van der Waals surface area (Å²) in [4.78, 5) is 15.0. The number of aromatic nitrogens is 3. The smallest absolute Gasteiger partial charge is 0.366 e. The molecule has 0 unspecified atom stereocenters. The standard InChI is InChI=1S/C33H31BN3.C27H35BN3.C23H27BN3/c1-24-14-11-12-21-30(24)37-33-32(25(2)22-23-35(33)3)36(4)34(37)31-28(26-15-7-5-8-16-26)19-13-20-29(31)27-17-9-6-10-18-27;1-18(2)22-13-11-14-23(19(3)4)25(22)28-30(8)26-21(6)16-17-29(7)27(26)31(28)24-15-10-9-12-20(24)5;1-16-10-7-8-13-20(16)27-23-22(19(4)14-15-25(23)5)26(6)24(27)21-17(2)11-9-12-18(21)3/h5-23H,1-4H3;9-19H,1-8H3;7-15H,1-6H3/q3*+1. The molecule has 476 valence electrons. The third-order valence-corrected chi connectivity index (χ3v) is 20.1. The van der Waals surface area contributed by atoms with Crippen molar-refractivity contribution in [3.05, 3.63) is 280 Å².